The Balaban J connectivity index is 3.35. The fourth-order valence-electron chi connectivity index (χ4n) is 1.05. The lowest BCUT2D eigenvalue weighted by molar-refractivity contribution is 0.112. The van der Waals surface area contributed by atoms with Crippen LogP contribution in [0, 0.1) is 23.2 Å². The predicted octanol–water partition coefficient (Wildman–Crippen LogP) is 1.09. The van der Waals surface area contributed by atoms with Gasteiger partial charge in [-0.3, -0.25) is 4.79 Å². The van der Waals surface area contributed by atoms with Crippen molar-refractivity contribution in [2.24, 2.45) is 0 Å². The van der Waals surface area contributed by atoms with E-state index < -0.39 is 0 Å². The molecule has 0 spiro atoms. The molecule has 0 atom stereocenters. The van der Waals surface area contributed by atoms with Crippen molar-refractivity contribution in [1.82, 2.24) is 0 Å². The Hall–Kier alpha value is -2.46. The number of nitrogens with zero attached hydrogens (tertiary/aromatic N) is 1. The van der Waals surface area contributed by atoms with Gasteiger partial charge in [0.15, 0.2) is 23.9 Å². The van der Waals surface area contributed by atoms with Crippen molar-refractivity contribution in [2.75, 3.05) is 7.11 Å². The number of nitriles is 1. The van der Waals surface area contributed by atoms with Crippen LogP contribution in [0.3, 0.4) is 0 Å². The van der Waals surface area contributed by atoms with Gasteiger partial charge in [-0.1, -0.05) is 0 Å². The molecule has 0 aliphatic heterocycles. The van der Waals surface area contributed by atoms with Crippen LogP contribution in [0.25, 0.3) is 0 Å². The highest BCUT2D eigenvalue weighted by Crippen LogP contribution is 2.28. The van der Waals surface area contributed by atoms with Gasteiger partial charge in [0.05, 0.1) is 7.11 Å². The van der Waals surface area contributed by atoms with E-state index in [1.807, 2.05) is 0 Å². The van der Waals surface area contributed by atoms with Crippen LogP contribution in [0.1, 0.15) is 15.9 Å². The van der Waals surface area contributed by atoms with E-state index in [9.17, 15) is 9.90 Å². The van der Waals surface area contributed by atoms with Gasteiger partial charge in [0, 0.05) is 23.1 Å². The number of phenols is 1. The third-order valence-electron chi connectivity index (χ3n) is 1.73. The molecule has 1 rings (SSSR count). The molecule has 4 heteroatoms. The first-order valence-corrected chi connectivity index (χ1v) is 3.99. The zero-order valence-corrected chi connectivity index (χ0v) is 7.94. The first-order valence-electron chi connectivity index (χ1n) is 3.99. The lowest BCUT2D eigenvalue weighted by atomic mass is 10.1. The van der Waals surface area contributed by atoms with Crippen LogP contribution in [0.4, 0.5) is 0 Å². The number of rotatable bonds is 2. The highest BCUT2D eigenvalue weighted by Gasteiger charge is 2.07. The number of carbonyl (C=O) groups excluding carboxylic acids is 1. The van der Waals surface area contributed by atoms with Crippen molar-refractivity contribution in [1.29, 1.82) is 5.26 Å². The molecular formula is C11H7NO3. The van der Waals surface area contributed by atoms with Gasteiger partial charge in [0.25, 0.3) is 0 Å². The van der Waals surface area contributed by atoms with Gasteiger partial charge in [-0.05, 0) is 12.0 Å². The van der Waals surface area contributed by atoms with Crippen molar-refractivity contribution in [3.8, 4) is 29.4 Å². The van der Waals surface area contributed by atoms with Gasteiger partial charge < -0.3 is 9.84 Å². The Morgan fingerprint density at radius 2 is 2.27 bits per heavy atom. The topological polar surface area (TPSA) is 70.3 Å². The van der Waals surface area contributed by atoms with Crippen molar-refractivity contribution in [3.63, 3.8) is 0 Å². The molecule has 0 saturated heterocycles. The number of phenolic OH excluding ortho intramolecular Hbond substituents is 1. The van der Waals surface area contributed by atoms with Gasteiger partial charge in [-0.25, -0.2) is 0 Å². The summed E-state index contributed by atoms with van der Waals surface area (Å²) in [6.45, 7) is 0. The van der Waals surface area contributed by atoms with Gasteiger partial charge >= 0.3 is 0 Å². The summed E-state index contributed by atoms with van der Waals surface area (Å²) in [7, 11) is 1.38. The number of aromatic hydroxyl groups is 1. The molecule has 0 unspecified atom stereocenters. The maximum atomic E-state index is 10.7. The average molecular weight is 201 g/mol. The second kappa shape index (κ2) is 4.69. The molecule has 0 heterocycles. The summed E-state index contributed by atoms with van der Waals surface area (Å²) < 4.78 is 4.82. The summed E-state index contributed by atoms with van der Waals surface area (Å²) in [5, 5.41) is 17.7. The predicted molar refractivity (Wildman–Crippen MR) is 52.5 cm³/mol. The van der Waals surface area contributed by atoms with E-state index >= 15 is 0 Å². The Morgan fingerprint density at radius 1 is 1.53 bits per heavy atom. The molecule has 0 amide bonds. The van der Waals surface area contributed by atoms with Crippen molar-refractivity contribution in [2.45, 2.75) is 0 Å². The minimum atomic E-state index is -0.120. The maximum absolute atomic E-state index is 10.7. The molecule has 0 bridgehead atoms. The zero-order chi connectivity index (χ0) is 11.3. The normalized spacial score (nSPS) is 8.27. The lowest BCUT2D eigenvalue weighted by Gasteiger charge is -2.04. The number of aldehydes is 1. The van der Waals surface area contributed by atoms with Gasteiger partial charge in [-0.15, -0.1) is 0 Å². The van der Waals surface area contributed by atoms with E-state index in [2.05, 4.69) is 11.8 Å². The van der Waals surface area contributed by atoms with E-state index in [0.717, 1.165) is 0 Å². The summed E-state index contributed by atoms with van der Waals surface area (Å²) in [6, 6.07) is 4.28. The standard InChI is InChI=1S/C11H7NO3/c1-15-11-6-9(7-13)8(3-2-4-12)5-10(11)14/h5-7,14H,1H3. The van der Waals surface area contributed by atoms with Crippen LogP contribution in [0.2, 0.25) is 0 Å². The number of hydrogen-bond acceptors (Lipinski definition) is 4. The molecular weight excluding hydrogens is 194 g/mol. The number of ether oxygens (including phenoxy) is 1. The van der Waals surface area contributed by atoms with Crippen LogP contribution in [-0.4, -0.2) is 18.5 Å². The first-order chi connectivity index (χ1) is 7.22. The molecule has 74 valence electrons. The number of methoxy groups -OCH3 is 1. The molecule has 15 heavy (non-hydrogen) atoms. The second-order valence-electron chi connectivity index (χ2n) is 2.59. The molecule has 0 saturated carbocycles. The summed E-state index contributed by atoms with van der Waals surface area (Å²) in [4.78, 5) is 10.7. The van der Waals surface area contributed by atoms with Crippen LogP contribution in [0.5, 0.6) is 11.5 Å². The Kier molecular flexibility index (Phi) is 3.32. The molecule has 0 fully saturated rings. The van der Waals surface area contributed by atoms with E-state index in [1.165, 1.54) is 19.2 Å². The Bertz CT molecular complexity index is 489. The molecule has 0 aromatic heterocycles. The van der Waals surface area contributed by atoms with Crippen molar-refractivity contribution < 1.29 is 14.6 Å². The fourth-order valence-corrected chi connectivity index (χ4v) is 1.05. The molecule has 4 nitrogen and oxygen atoms in total. The van der Waals surface area contributed by atoms with Crippen molar-refractivity contribution >= 4 is 6.29 Å². The second-order valence-corrected chi connectivity index (χ2v) is 2.59. The van der Waals surface area contributed by atoms with E-state index in [4.69, 9.17) is 10.00 Å². The monoisotopic (exact) mass is 201 g/mol. The molecule has 1 aromatic carbocycles. The lowest BCUT2D eigenvalue weighted by Crippen LogP contribution is -1.91. The summed E-state index contributed by atoms with van der Waals surface area (Å²) in [5.74, 6) is 4.67. The third kappa shape index (κ3) is 2.26. The van der Waals surface area contributed by atoms with Crippen LogP contribution >= 0.6 is 0 Å². The van der Waals surface area contributed by atoms with Crippen molar-refractivity contribution in [3.05, 3.63) is 23.3 Å². The van der Waals surface area contributed by atoms with Gasteiger partial charge in [0.2, 0.25) is 0 Å². The maximum Gasteiger partial charge on any atom is 0.161 e. The van der Waals surface area contributed by atoms with Gasteiger partial charge in [0.1, 0.15) is 0 Å². The molecule has 1 N–H and O–H groups in total. The SMILES string of the molecule is COc1cc(C=O)c(C#CC#N)cc1O. The highest BCUT2D eigenvalue weighted by molar-refractivity contribution is 5.81. The number of benzene rings is 1. The summed E-state index contributed by atoms with van der Waals surface area (Å²) in [6.07, 6.45) is 0.587. The number of carbonyl (C=O) groups is 1. The van der Waals surface area contributed by atoms with E-state index in [-0.39, 0.29) is 17.1 Å². The van der Waals surface area contributed by atoms with E-state index in [0.29, 0.717) is 11.8 Å². The number of hydrogen-bond donors (Lipinski definition) is 1. The summed E-state index contributed by atoms with van der Waals surface area (Å²) >= 11 is 0. The highest BCUT2D eigenvalue weighted by atomic mass is 16.5. The Morgan fingerprint density at radius 3 is 2.80 bits per heavy atom. The minimum Gasteiger partial charge on any atom is -0.504 e. The fraction of sp³-hybridized carbons (Fsp3) is 0.0909. The van der Waals surface area contributed by atoms with Crippen LogP contribution in [-0.2, 0) is 0 Å². The molecule has 0 radical (unpaired) electrons. The smallest absolute Gasteiger partial charge is 0.161 e. The van der Waals surface area contributed by atoms with E-state index in [1.54, 1.807) is 6.07 Å². The average Bonchev–Trinajstić information content (AvgIpc) is 2.26. The quantitative estimate of drug-likeness (QED) is 0.574. The van der Waals surface area contributed by atoms with Gasteiger partial charge in [-0.2, -0.15) is 5.26 Å². The van der Waals surface area contributed by atoms with Crippen LogP contribution < -0.4 is 4.74 Å². The first kappa shape index (κ1) is 10.6. The summed E-state index contributed by atoms with van der Waals surface area (Å²) in [5.41, 5.74) is 0.567. The minimum absolute atomic E-state index is 0.120. The molecule has 0 aliphatic rings. The molecule has 0 aliphatic carbocycles. The zero-order valence-electron chi connectivity index (χ0n) is 7.94. The van der Waals surface area contributed by atoms with Crippen LogP contribution in [0.15, 0.2) is 12.1 Å². The largest absolute Gasteiger partial charge is 0.504 e. The third-order valence-corrected chi connectivity index (χ3v) is 1.73. The Labute approximate surface area is 86.7 Å². The molecule has 1 aromatic rings.